The zero-order valence-corrected chi connectivity index (χ0v) is 20.9. The summed E-state index contributed by atoms with van der Waals surface area (Å²) in [5.74, 6) is -0.367. The molecule has 39 heavy (non-hydrogen) atoms. The Bertz CT molecular complexity index is 1310. The molecule has 1 aliphatic heterocycles. The number of piperazine rings is 1. The van der Waals surface area contributed by atoms with E-state index in [1.165, 1.54) is 11.0 Å². The topological polar surface area (TPSA) is 94.7 Å². The van der Waals surface area contributed by atoms with Gasteiger partial charge in [-0.2, -0.15) is 31.3 Å². The van der Waals surface area contributed by atoms with Crippen molar-refractivity contribution in [3.8, 4) is 5.75 Å². The first-order valence-corrected chi connectivity index (χ1v) is 11.9. The van der Waals surface area contributed by atoms with Crippen LogP contribution in [-0.4, -0.2) is 63.7 Å². The monoisotopic (exact) mass is 557 g/mol. The summed E-state index contributed by atoms with van der Waals surface area (Å²) >= 11 is 0. The zero-order valence-electron chi connectivity index (χ0n) is 20.9. The minimum absolute atomic E-state index is 0.00884. The number of alkyl halides is 6. The van der Waals surface area contributed by atoms with Crippen LogP contribution < -0.4 is 5.32 Å². The quantitative estimate of drug-likeness (QED) is 0.423. The normalized spacial score (nSPS) is 16.9. The molecule has 1 aromatic heterocycles. The van der Waals surface area contributed by atoms with E-state index < -0.39 is 41.0 Å². The molecule has 0 bridgehead atoms. The van der Waals surface area contributed by atoms with E-state index in [1.807, 2.05) is 4.90 Å². The Labute approximate surface area is 219 Å². The maximum absolute atomic E-state index is 13.5. The van der Waals surface area contributed by atoms with Gasteiger partial charge in [0.25, 0.3) is 11.9 Å². The van der Waals surface area contributed by atoms with E-state index in [0.29, 0.717) is 29.2 Å². The first kappa shape index (κ1) is 28.2. The van der Waals surface area contributed by atoms with Gasteiger partial charge in [0.05, 0.1) is 17.7 Å². The van der Waals surface area contributed by atoms with Crippen molar-refractivity contribution in [2.24, 2.45) is 0 Å². The minimum Gasteiger partial charge on any atom is -0.508 e. The summed E-state index contributed by atoms with van der Waals surface area (Å²) in [7, 11) is 1.62. The van der Waals surface area contributed by atoms with Crippen molar-refractivity contribution in [3.05, 3.63) is 70.1 Å². The highest BCUT2D eigenvalue weighted by Gasteiger charge is 2.39. The van der Waals surface area contributed by atoms with Crippen molar-refractivity contribution >= 4 is 11.9 Å². The van der Waals surface area contributed by atoms with Crippen molar-refractivity contribution in [3.63, 3.8) is 0 Å². The second-order valence-electron chi connectivity index (χ2n) is 9.27. The molecule has 1 amide bonds. The summed E-state index contributed by atoms with van der Waals surface area (Å²) in [6, 6.07) is 5.15. The molecule has 1 fully saturated rings. The van der Waals surface area contributed by atoms with Gasteiger partial charge < -0.3 is 19.8 Å². The number of aromatic nitrogens is 2. The van der Waals surface area contributed by atoms with Gasteiger partial charge in [0.15, 0.2) is 0 Å². The van der Waals surface area contributed by atoms with Gasteiger partial charge in [0.2, 0.25) is 5.89 Å². The molecule has 1 aliphatic rings. The van der Waals surface area contributed by atoms with Gasteiger partial charge in [-0.05, 0) is 53.9 Å². The van der Waals surface area contributed by atoms with Gasteiger partial charge in [-0.3, -0.25) is 9.69 Å². The van der Waals surface area contributed by atoms with Crippen LogP contribution in [0.2, 0.25) is 0 Å². The molecule has 1 saturated heterocycles. The Kier molecular flexibility index (Phi) is 7.77. The summed E-state index contributed by atoms with van der Waals surface area (Å²) in [4.78, 5) is 20.8. The third kappa shape index (κ3) is 6.61. The SMILES string of the molecule is CNc1noc(CN2CCN(C(=O)c3cc(C(F)(F)F)cc(C(F)(F)F)c3)[C@H](Cc3ccc(C)c(O)c3)C2)n1. The van der Waals surface area contributed by atoms with Crippen molar-refractivity contribution in [1.29, 1.82) is 0 Å². The molecule has 2 N–H and O–H groups in total. The number of hydrogen-bond donors (Lipinski definition) is 2. The van der Waals surface area contributed by atoms with Gasteiger partial charge in [0.1, 0.15) is 5.75 Å². The van der Waals surface area contributed by atoms with E-state index in [2.05, 4.69) is 15.5 Å². The van der Waals surface area contributed by atoms with Crippen LogP contribution in [0.5, 0.6) is 5.75 Å². The number of aryl methyl sites for hydroxylation is 1. The largest absolute Gasteiger partial charge is 0.508 e. The number of halogens is 6. The molecule has 2 aromatic carbocycles. The Morgan fingerprint density at radius 1 is 1.08 bits per heavy atom. The van der Waals surface area contributed by atoms with Crippen LogP contribution in [0.15, 0.2) is 40.9 Å². The molecule has 0 saturated carbocycles. The summed E-state index contributed by atoms with van der Waals surface area (Å²) in [5, 5.41) is 16.6. The molecule has 3 aromatic rings. The fraction of sp³-hybridized carbons (Fsp3) is 0.400. The van der Waals surface area contributed by atoms with Crippen molar-refractivity contribution in [2.75, 3.05) is 32.0 Å². The maximum atomic E-state index is 13.5. The van der Waals surface area contributed by atoms with Crippen molar-refractivity contribution < 1.29 is 40.8 Å². The standard InChI is InChI=1S/C25H25F6N5O3/c1-14-3-4-15(8-20(14)37)7-19-12-35(13-21-33-23(32-2)34-39-21)5-6-36(19)22(38)16-9-17(24(26,27)28)11-18(10-16)25(29,30)31/h3-4,8-11,19,37H,5-7,12-13H2,1-2H3,(H,32,34)/t19-/m1/s1. The third-order valence-electron chi connectivity index (χ3n) is 6.46. The third-order valence-corrected chi connectivity index (χ3v) is 6.46. The fourth-order valence-electron chi connectivity index (χ4n) is 4.42. The number of phenolic OH excluding ortho intramolecular Hbond substituents is 1. The molecule has 14 heteroatoms. The van der Waals surface area contributed by atoms with Crippen LogP contribution in [0.3, 0.4) is 0 Å². The van der Waals surface area contributed by atoms with Gasteiger partial charge in [-0.1, -0.05) is 12.1 Å². The Balaban J connectivity index is 1.66. The van der Waals surface area contributed by atoms with E-state index >= 15 is 0 Å². The highest BCUT2D eigenvalue weighted by Crippen LogP contribution is 2.37. The number of carbonyl (C=O) groups excluding carboxylic acids is 1. The molecule has 0 radical (unpaired) electrons. The second-order valence-corrected chi connectivity index (χ2v) is 9.27. The molecule has 4 rings (SSSR count). The first-order chi connectivity index (χ1) is 18.2. The minimum atomic E-state index is -5.08. The van der Waals surface area contributed by atoms with Crippen LogP contribution in [0.1, 0.15) is 38.5 Å². The molecule has 2 heterocycles. The number of aromatic hydroxyl groups is 1. The van der Waals surface area contributed by atoms with E-state index in [4.69, 9.17) is 4.52 Å². The van der Waals surface area contributed by atoms with Crippen LogP contribution in [0.4, 0.5) is 32.3 Å². The van der Waals surface area contributed by atoms with Crippen LogP contribution in [0.25, 0.3) is 0 Å². The van der Waals surface area contributed by atoms with Gasteiger partial charge in [-0.25, -0.2) is 0 Å². The lowest BCUT2D eigenvalue weighted by molar-refractivity contribution is -0.143. The number of benzene rings is 2. The molecular weight excluding hydrogens is 532 g/mol. The summed E-state index contributed by atoms with van der Waals surface area (Å²) in [6.07, 6.45) is -9.97. The van der Waals surface area contributed by atoms with E-state index in [-0.39, 0.29) is 50.4 Å². The highest BCUT2D eigenvalue weighted by atomic mass is 19.4. The molecule has 0 unspecified atom stereocenters. The fourth-order valence-corrected chi connectivity index (χ4v) is 4.42. The number of amides is 1. The first-order valence-electron chi connectivity index (χ1n) is 11.9. The summed E-state index contributed by atoms with van der Waals surface area (Å²) in [6.45, 7) is 2.40. The molecule has 210 valence electrons. The molecule has 1 atom stereocenters. The average molecular weight is 557 g/mol. The molecule has 0 spiro atoms. The van der Waals surface area contributed by atoms with Gasteiger partial charge in [0, 0.05) is 38.3 Å². The Morgan fingerprint density at radius 3 is 2.31 bits per heavy atom. The number of carbonyl (C=O) groups is 1. The predicted octanol–water partition coefficient (Wildman–Crippen LogP) is 4.73. The predicted molar refractivity (Wildman–Crippen MR) is 127 cm³/mol. The Morgan fingerprint density at radius 2 is 1.74 bits per heavy atom. The van der Waals surface area contributed by atoms with Crippen LogP contribution >= 0.6 is 0 Å². The lowest BCUT2D eigenvalue weighted by Gasteiger charge is -2.41. The highest BCUT2D eigenvalue weighted by molar-refractivity contribution is 5.95. The zero-order chi connectivity index (χ0) is 28.5. The summed E-state index contributed by atoms with van der Waals surface area (Å²) in [5.41, 5.74) is -2.57. The smallest absolute Gasteiger partial charge is 0.416 e. The van der Waals surface area contributed by atoms with Crippen LogP contribution in [-0.2, 0) is 25.3 Å². The number of nitrogens with zero attached hydrogens (tertiary/aromatic N) is 4. The second kappa shape index (κ2) is 10.8. The van der Waals surface area contributed by atoms with Crippen molar-refractivity contribution in [1.82, 2.24) is 19.9 Å². The van der Waals surface area contributed by atoms with Crippen LogP contribution in [0, 0.1) is 6.92 Å². The number of phenols is 1. The number of anilines is 1. The molecular formula is C25H25F6N5O3. The van der Waals surface area contributed by atoms with E-state index in [1.54, 1.807) is 26.1 Å². The van der Waals surface area contributed by atoms with Crippen molar-refractivity contribution in [2.45, 2.75) is 38.3 Å². The number of rotatable bonds is 6. The Hall–Kier alpha value is -3.81. The molecule has 8 nitrogen and oxygen atoms in total. The number of hydrogen-bond acceptors (Lipinski definition) is 7. The lowest BCUT2D eigenvalue weighted by atomic mass is 9.98. The number of nitrogens with one attached hydrogen (secondary N) is 1. The molecule has 0 aliphatic carbocycles. The van der Waals surface area contributed by atoms with Gasteiger partial charge in [-0.15, -0.1) is 0 Å². The van der Waals surface area contributed by atoms with E-state index in [9.17, 15) is 36.2 Å². The van der Waals surface area contributed by atoms with Gasteiger partial charge >= 0.3 is 12.4 Å². The maximum Gasteiger partial charge on any atom is 0.416 e. The summed E-state index contributed by atoms with van der Waals surface area (Å²) < 4.78 is 85.7. The van der Waals surface area contributed by atoms with E-state index in [0.717, 1.165) is 0 Å². The average Bonchev–Trinajstić information content (AvgIpc) is 3.32. The lowest BCUT2D eigenvalue weighted by Crippen LogP contribution is -2.55.